The van der Waals surface area contributed by atoms with Crippen molar-refractivity contribution < 1.29 is 28.2 Å². The van der Waals surface area contributed by atoms with E-state index >= 15 is 0 Å². The summed E-state index contributed by atoms with van der Waals surface area (Å²) < 4.78 is 0. The predicted octanol–water partition coefficient (Wildman–Crippen LogP) is 42.9. The van der Waals surface area contributed by atoms with Gasteiger partial charge in [-0.1, -0.05) is 490 Å². The van der Waals surface area contributed by atoms with Gasteiger partial charge in [-0.25, -0.2) is 0 Å². The monoisotopic (exact) mass is 1180 g/mol. The Morgan fingerprint density at radius 1 is 0.0278 bits per heavy atom. The van der Waals surface area contributed by atoms with Crippen LogP contribution in [0.3, 0.4) is 0 Å². The van der Waals surface area contributed by atoms with Crippen molar-refractivity contribution in [2.45, 2.75) is 490 Å². The van der Waals surface area contributed by atoms with Crippen molar-refractivity contribution in [1.29, 1.82) is 0 Å². The van der Waals surface area contributed by atoms with E-state index in [1.807, 2.05) is 0 Å². The molecule has 0 saturated carbocycles. The summed E-state index contributed by atoms with van der Waals surface area (Å²) in [4.78, 5) is 0. The highest BCUT2D eigenvalue weighted by molar-refractivity contribution is 2.57. The van der Waals surface area contributed by atoms with Gasteiger partial charge in [0, 0.05) is 0 Å². The minimum Gasteiger partial charge on any atom is -0.269 e. The fourth-order valence-electron chi connectivity index (χ4n) is 0. The molecular formula is C66H270F6. The normalized spacial score (nSPS) is 0. The van der Waals surface area contributed by atoms with Crippen molar-refractivity contribution >= 4 is 0 Å². The van der Waals surface area contributed by atoms with Crippen LogP contribution in [-0.4, -0.2) is 0 Å². The lowest BCUT2D eigenvalue weighted by Gasteiger charge is -0.270. The van der Waals surface area contributed by atoms with Crippen LogP contribution in [0.15, 0.2) is 0 Å². The molecule has 0 unspecified atom stereocenters. The van der Waals surface area contributed by atoms with Crippen molar-refractivity contribution in [3.8, 4) is 0 Å². The largest absolute Gasteiger partial charge is 0.269 e. The van der Waals surface area contributed by atoms with Gasteiger partial charge in [-0.15, -0.1) is 0 Å². The number of hydrogen-bond donors (Lipinski definition) is 0. The van der Waals surface area contributed by atoms with E-state index in [9.17, 15) is 0 Å². The molecule has 0 nitrogen and oxygen atoms in total. The smallest absolute Gasteiger partial charge is 0.0776 e. The van der Waals surface area contributed by atoms with Crippen molar-refractivity contribution in [3.05, 3.63) is 0 Å². The highest BCUT2D eigenvalue weighted by atomic mass is 19.0. The Hall–Kier alpha value is -0.420. The van der Waals surface area contributed by atoms with Gasteiger partial charge in [0.25, 0.3) is 0 Å². The lowest BCUT2D eigenvalue weighted by molar-refractivity contribution is 1.11. The van der Waals surface area contributed by atoms with E-state index < -0.39 is 0 Å². The Morgan fingerprint density at radius 2 is 0.0278 bits per heavy atom. The van der Waals surface area contributed by atoms with Crippen LogP contribution < -0.4 is 0 Å². The summed E-state index contributed by atoms with van der Waals surface area (Å²) in [6, 6.07) is 0. The van der Waals surface area contributed by atoms with Crippen LogP contribution in [0.2, 0.25) is 0 Å². The maximum Gasteiger partial charge on any atom is -0.0776 e. The SMILES string of the molecule is C.C.C.C.C.C.C.C.C.C.C.C.C.C.C.C.C.C.C.C.C.C.C.C.C.C.C.C.C.C.C.C.C.C.C.C.C.C.C.C.C.C.C.C.C.C.C.C.C.C.C.C.C.C.C.C.C.C.C.C.C.C.C.C.C.C.F.F.F.F.F.F. The van der Waals surface area contributed by atoms with E-state index in [-0.39, 0.29) is 518 Å². The highest BCUT2D eigenvalue weighted by Crippen LogP contribution is 0.427. The molecule has 0 aliphatic carbocycles. The van der Waals surface area contributed by atoms with Gasteiger partial charge in [0.15, 0.2) is 0 Å². The molecule has 6 heteroatoms. The Morgan fingerprint density at radius 3 is 0.0278 bits per heavy atom. The Labute approximate surface area is 516 Å². The van der Waals surface area contributed by atoms with Gasteiger partial charge in [-0.05, 0) is 0 Å². The fraction of sp³-hybridized carbons (Fsp3) is 1.00. The van der Waals surface area contributed by atoms with E-state index in [1.54, 1.807) is 0 Å². The van der Waals surface area contributed by atoms with Crippen LogP contribution in [0.1, 0.15) is 490 Å². The summed E-state index contributed by atoms with van der Waals surface area (Å²) in [5.74, 6) is 0. The molecule has 0 aromatic heterocycles. The molecule has 0 aromatic rings. The predicted molar refractivity (Wildman–Crippen MR) is 459 cm³/mol. The Balaban J connectivity index is 0. The third kappa shape index (κ3) is 1860000. The van der Waals surface area contributed by atoms with E-state index in [2.05, 4.69) is 0 Å². The molecule has 576 valence electrons. The Kier molecular flexibility index (Phi) is 54400000000. The first-order chi connectivity index (χ1) is 0. The zero-order valence-corrected chi connectivity index (χ0v) is 2.45. The molecule has 0 fully saturated rings. The molecule has 0 atom stereocenters. The van der Waals surface area contributed by atoms with Gasteiger partial charge in [-0.3, -0.25) is 28.2 Å². The van der Waals surface area contributed by atoms with E-state index in [4.69, 9.17) is 0 Å². The van der Waals surface area contributed by atoms with Gasteiger partial charge in [0.1, 0.15) is 0 Å². The standard InChI is InChI=1S/66CH4.6FH/h66*1H4;6*1H. The first kappa shape index (κ1) is 2020000. The van der Waals surface area contributed by atoms with Gasteiger partial charge in [0.2, 0.25) is 0 Å². The maximum absolute atomic E-state index is 0. The lowest BCUT2D eigenvalue weighted by Crippen LogP contribution is 0.143. The maximum atomic E-state index is 0. The first-order valence-electron chi connectivity index (χ1n) is 0. The van der Waals surface area contributed by atoms with Crippen LogP contribution in [0.5, 0.6) is 0 Å². The molecule has 0 bridgehead atoms. The molecule has 0 heterocycles. The number of halogens is 6. The molecule has 0 radical (unpaired) electrons. The molecule has 0 aliphatic heterocycles. The van der Waals surface area contributed by atoms with Crippen molar-refractivity contribution in [2.24, 2.45) is 0 Å². The molecule has 0 saturated heterocycles. The molecular weight excluding hydrogens is 907 g/mol. The summed E-state index contributed by atoms with van der Waals surface area (Å²) >= 11 is 0. The van der Waals surface area contributed by atoms with Gasteiger partial charge in [-0.2, -0.15) is 0 Å². The second kappa shape index (κ2) is 1940000. The molecule has 0 amide bonds. The van der Waals surface area contributed by atoms with Crippen LogP contribution >= 0.6 is 0 Å². The van der Waals surface area contributed by atoms with Gasteiger partial charge >= 0.3 is 0 Å². The molecule has 0 N–H and O–H groups in total. The summed E-state index contributed by atoms with van der Waals surface area (Å²) in [6.07, 6.45) is 0. The van der Waals surface area contributed by atoms with Crippen LogP contribution in [0.4, 0.5) is 28.2 Å². The molecule has 0 spiro atoms. The van der Waals surface area contributed by atoms with E-state index in [0.29, 0.717) is 0 Å². The van der Waals surface area contributed by atoms with Crippen molar-refractivity contribution in [3.63, 3.8) is 0 Å². The van der Waals surface area contributed by atoms with Crippen molar-refractivity contribution in [2.75, 3.05) is 0 Å². The molecule has 72 heavy (non-hydrogen) atoms. The lowest BCUT2D eigenvalue weighted by atomic mass is 12.0. The molecule has 0 aromatic carbocycles. The summed E-state index contributed by atoms with van der Waals surface area (Å²) in [5, 5.41) is 0. The van der Waals surface area contributed by atoms with Gasteiger partial charge < -0.3 is 0 Å². The second-order valence-electron chi connectivity index (χ2n) is 0. The average Bonchev–Trinajstić information content (AvgIpc) is 0. The van der Waals surface area contributed by atoms with Gasteiger partial charge in [0.05, 0.1) is 0 Å². The third-order valence-corrected chi connectivity index (χ3v) is 0. The van der Waals surface area contributed by atoms with E-state index in [0.717, 1.165) is 0 Å². The summed E-state index contributed by atoms with van der Waals surface area (Å²) in [6.45, 7) is 0. The van der Waals surface area contributed by atoms with E-state index in [1.165, 1.54) is 0 Å². The number of rotatable bonds is 0. The third-order valence-electron chi connectivity index (χ3n) is 0. The quantitative estimate of drug-likeness (QED) is 0.212. The number of hydrogen-bond acceptors (Lipinski definition) is 0. The van der Waals surface area contributed by atoms with Crippen LogP contribution in [0.25, 0.3) is 0 Å². The summed E-state index contributed by atoms with van der Waals surface area (Å²) in [7, 11) is 0. The second-order valence-corrected chi connectivity index (χ2v) is 0. The average molecular weight is 1180 g/mol. The van der Waals surface area contributed by atoms with Crippen LogP contribution in [-0.2, 0) is 0 Å². The molecule has 0 rings (SSSR count). The fourth-order valence-corrected chi connectivity index (χ4v) is 0. The van der Waals surface area contributed by atoms with Crippen LogP contribution in [0, 0.1) is 0 Å². The minimum atomic E-state index is 0. The zero-order valence-electron chi connectivity index (χ0n) is 2.45. The van der Waals surface area contributed by atoms with Crippen molar-refractivity contribution in [1.82, 2.24) is 0 Å². The summed E-state index contributed by atoms with van der Waals surface area (Å²) in [5.41, 5.74) is 0. The zero-order chi connectivity index (χ0) is 0. The highest BCUT2D eigenvalue weighted by Gasteiger charge is -0.0110. The Bertz CT molecular complexity index is 29.8. The topological polar surface area (TPSA) is 0 Å². The molecule has 0 aliphatic rings. The minimum absolute atomic E-state index is 0. The first-order valence-corrected chi connectivity index (χ1v) is 0.